The molecule has 1 N–H and O–H groups in total. The highest BCUT2D eigenvalue weighted by atomic mass is 16.5. The van der Waals surface area contributed by atoms with Gasteiger partial charge in [0.15, 0.2) is 0 Å². The quantitative estimate of drug-likeness (QED) is 0.796. The molecule has 0 saturated heterocycles. The lowest BCUT2D eigenvalue weighted by molar-refractivity contribution is 0.246. The third-order valence-corrected chi connectivity index (χ3v) is 3.66. The monoisotopic (exact) mass is 247 g/mol. The Bertz CT molecular complexity index is 364. The summed E-state index contributed by atoms with van der Waals surface area (Å²) in [4.78, 5) is 0. The van der Waals surface area contributed by atoms with Crippen LogP contribution in [0.5, 0.6) is 5.75 Å². The Morgan fingerprint density at radius 3 is 2.50 bits per heavy atom. The highest BCUT2D eigenvalue weighted by Crippen LogP contribution is 2.33. The minimum absolute atomic E-state index is 0.531. The molecule has 2 nitrogen and oxygen atoms in total. The molecule has 2 heteroatoms. The van der Waals surface area contributed by atoms with Crippen LogP contribution in [-0.4, -0.2) is 19.2 Å². The number of aryl methyl sites for hydroxylation is 2. The molecule has 1 aliphatic carbocycles. The zero-order chi connectivity index (χ0) is 13.0. The van der Waals surface area contributed by atoms with Crippen molar-refractivity contribution in [2.45, 2.75) is 46.1 Å². The standard InChI is InChI=1S/C16H25NO/c1-4-10-17-15(14-8-9-14)11-18-16-12(2)6-5-7-13(16)3/h5-7,14-15,17H,4,8-11H2,1-3H3. The van der Waals surface area contributed by atoms with Crippen LogP contribution in [0, 0.1) is 19.8 Å². The van der Waals surface area contributed by atoms with Crippen LogP contribution in [0.3, 0.4) is 0 Å². The molecular formula is C16H25NO. The molecule has 1 aromatic rings. The van der Waals surface area contributed by atoms with Crippen molar-refractivity contribution in [1.82, 2.24) is 5.32 Å². The van der Waals surface area contributed by atoms with Gasteiger partial charge < -0.3 is 10.1 Å². The van der Waals surface area contributed by atoms with Gasteiger partial charge in [0.2, 0.25) is 0 Å². The molecule has 1 saturated carbocycles. The summed E-state index contributed by atoms with van der Waals surface area (Å²) >= 11 is 0. The number of benzene rings is 1. The van der Waals surface area contributed by atoms with Gasteiger partial charge >= 0.3 is 0 Å². The second-order valence-corrected chi connectivity index (χ2v) is 5.43. The summed E-state index contributed by atoms with van der Waals surface area (Å²) in [5, 5.41) is 3.62. The van der Waals surface area contributed by atoms with Gasteiger partial charge in [0.1, 0.15) is 12.4 Å². The summed E-state index contributed by atoms with van der Waals surface area (Å²) in [6.45, 7) is 8.35. The number of hydrogen-bond acceptors (Lipinski definition) is 2. The van der Waals surface area contributed by atoms with E-state index in [0.29, 0.717) is 6.04 Å². The Kier molecular flexibility index (Phi) is 4.65. The number of rotatable bonds is 7. The molecule has 0 aromatic heterocycles. The molecule has 1 unspecified atom stereocenters. The molecule has 2 rings (SSSR count). The molecular weight excluding hydrogens is 222 g/mol. The largest absolute Gasteiger partial charge is 0.491 e. The first-order valence-corrected chi connectivity index (χ1v) is 7.14. The molecule has 0 bridgehead atoms. The fraction of sp³-hybridized carbons (Fsp3) is 0.625. The van der Waals surface area contributed by atoms with Crippen LogP contribution >= 0.6 is 0 Å². The molecule has 1 atom stereocenters. The highest BCUT2D eigenvalue weighted by Gasteiger charge is 2.31. The van der Waals surface area contributed by atoms with Crippen molar-refractivity contribution in [3.05, 3.63) is 29.3 Å². The van der Waals surface area contributed by atoms with Crippen molar-refractivity contribution in [1.29, 1.82) is 0 Å². The van der Waals surface area contributed by atoms with E-state index in [9.17, 15) is 0 Å². The van der Waals surface area contributed by atoms with E-state index in [2.05, 4.69) is 44.3 Å². The Morgan fingerprint density at radius 2 is 1.94 bits per heavy atom. The molecule has 18 heavy (non-hydrogen) atoms. The zero-order valence-corrected chi connectivity index (χ0v) is 11.8. The van der Waals surface area contributed by atoms with Gasteiger partial charge in [-0.15, -0.1) is 0 Å². The van der Waals surface area contributed by atoms with E-state index < -0.39 is 0 Å². The maximum atomic E-state index is 6.07. The summed E-state index contributed by atoms with van der Waals surface area (Å²) in [7, 11) is 0. The summed E-state index contributed by atoms with van der Waals surface area (Å²) in [5.74, 6) is 1.90. The molecule has 1 aliphatic rings. The van der Waals surface area contributed by atoms with Crippen molar-refractivity contribution in [3.63, 3.8) is 0 Å². The Hall–Kier alpha value is -1.02. The first-order valence-electron chi connectivity index (χ1n) is 7.14. The van der Waals surface area contributed by atoms with E-state index in [1.165, 1.54) is 30.4 Å². The van der Waals surface area contributed by atoms with Gasteiger partial charge in [0.25, 0.3) is 0 Å². The maximum absolute atomic E-state index is 6.07. The first kappa shape index (κ1) is 13.4. The molecule has 0 spiro atoms. The number of hydrogen-bond donors (Lipinski definition) is 1. The van der Waals surface area contributed by atoms with E-state index in [0.717, 1.165) is 24.8 Å². The van der Waals surface area contributed by atoms with Crippen LogP contribution < -0.4 is 10.1 Å². The molecule has 0 aliphatic heterocycles. The number of ether oxygens (including phenoxy) is 1. The topological polar surface area (TPSA) is 21.3 Å². The van der Waals surface area contributed by atoms with Gasteiger partial charge in [-0.2, -0.15) is 0 Å². The van der Waals surface area contributed by atoms with Gasteiger partial charge in [-0.3, -0.25) is 0 Å². The fourth-order valence-electron chi connectivity index (χ4n) is 2.39. The zero-order valence-electron chi connectivity index (χ0n) is 11.8. The molecule has 0 heterocycles. The Labute approximate surface area is 111 Å². The second-order valence-electron chi connectivity index (χ2n) is 5.43. The maximum Gasteiger partial charge on any atom is 0.125 e. The van der Waals surface area contributed by atoms with Crippen LogP contribution in [0.15, 0.2) is 18.2 Å². The van der Waals surface area contributed by atoms with E-state index in [1.54, 1.807) is 0 Å². The highest BCUT2D eigenvalue weighted by molar-refractivity contribution is 5.39. The lowest BCUT2D eigenvalue weighted by Crippen LogP contribution is -2.37. The van der Waals surface area contributed by atoms with Crippen LogP contribution in [-0.2, 0) is 0 Å². The predicted octanol–water partition coefficient (Wildman–Crippen LogP) is 3.46. The lowest BCUT2D eigenvalue weighted by Gasteiger charge is -2.20. The SMILES string of the molecule is CCCNC(COc1c(C)cccc1C)C1CC1. The van der Waals surface area contributed by atoms with E-state index in [-0.39, 0.29) is 0 Å². The smallest absolute Gasteiger partial charge is 0.125 e. The molecule has 1 aromatic carbocycles. The summed E-state index contributed by atoms with van der Waals surface area (Å²) in [6, 6.07) is 6.86. The van der Waals surface area contributed by atoms with E-state index in [1.807, 2.05) is 0 Å². The minimum atomic E-state index is 0.531. The summed E-state index contributed by atoms with van der Waals surface area (Å²) in [5.41, 5.74) is 2.47. The van der Waals surface area contributed by atoms with Gasteiger partial charge in [-0.1, -0.05) is 25.1 Å². The average Bonchev–Trinajstić information content (AvgIpc) is 3.16. The second kappa shape index (κ2) is 6.24. The van der Waals surface area contributed by atoms with Crippen LogP contribution in [0.25, 0.3) is 0 Å². The number of nitrogens with one attached hydrogen (secondary N) is 1. The van der Waals surface area contributed by atoms with Crippen molar-refractivity contribution in [2.24, 2.45) is 5.92 Å². The lowest BCUT2D eigenvalue weighted by atomic mass is 10.1. The van der Waals surface area contributed by atoms with E-state index in [4.69, 9.17) is 4.74 Å². The average molecular weight is 247 g/mol. The third kappa shape index (κ3) is 3.49. The van der Waals surface area contributed by atoms with Crippen molar-refractivity contribution in [3.8, 4) is 5.75 Å². The van der Waals surface area contributed by atoms with Crippen LogP contribution in [0.4, 0.5) is 0 Å². The third-order valence-electron chi connectivity index (χ3n) is 3.66. The van der Waals surface area contributed by atoms with Gasteiger partial charge in [-0.25, -0.2) is 0 Å². The van der Waals surface area contributed by atoms with Crippen molar-refractivity contribution < 1.29 is 4.74 Å². The Morgan fingerprint density at radius 1 is 1.28 bits per heavy atom. The van der Waals surface area contributed by atoms with Crippen LogP contribution in [0.2, 0.25) is 0 Å². The summed E-state index contributed by atoms with van der Waals surface area (Å²) < 4.78 is 6.07. The molecule has 0 radical (unpaired) electrons. The Balaban J connectivity index is 1.92. The normalized spacial score (nSPS) is 16.6. The van der Waals surface area contributed by atoms with Crippen LogP contribution in [0.1, 0.15) is 37.3 Å². The number of para-hydroxylation sites is 1. The van der Waals surface area contributed by atoms with Crippen molar-refractivity contribution >= 4 is 0 Å². The van der Waals surface area contributed by atoms with Gasteiger partial charge in [-0.05, 0) is 56.7 Å². The van der Waals surface area contributed by atoms with Gasteiger partial charge in [0.05, 0.1) is 0 Å². The first-order chi connectivity index (χ1) is 8.72. The summed E-state index contributed by atoms with van der Waals surface area (Å²) in [6.07, 6.45) is 3.90. The molecule has 1 fully saturated rings. The molecule has 100 valence electrons. The fourth-order valence-corrected chi connectivity index (χ4v) is 2.39. The minimum Gasteiger partial charge on any atom is -0.491 e. The van der Waals surface area contributed by atoms with Crippen molar-refractivity contribution in [2.75, 3.05) is 13.2 Å². The predicted molar refractivity (Wildman–Crippen MR) is 76.2 cm³/mol. The molecule has 0 amide bonds. The van der Waals surface area contributed by atoms with Gasteiger partial charge in [0, 0.05) is 6.04 Å². The van der Waals surface area contributed by atoms with E-state index >= 15 is 0 Å².